The highest BCUT2D eigenvalue weighted by Gasteiger charge is 2.39. The Morgan fingerprint density at radius 2 is 2.00 bits per heavy atom. The summed E-state index contributed by atoms with van der Waals surface area (Å²) < 4.78 is 34.6. The van der Waals surface area contributed by atoms with Crippen LogP contribution in [0.1, 0.15) is 54.8 Å². The lowest BCUT2D eigenvalue weighted by Gasteiger charge is -2.21. The van der Waals surface area contributed by atoms with Crippen LogP contribution in [-0.4, -0.2) is 46.4 Å². The van der Waals surface area contributed by atoms with Crippen LogP contribution in [-0.2, 0) is 4.74 Å². The molecule has 0 atom stereocenters. The van der Waals surface area contributed by atoms with Gasteiger partial charge in [0.1, 0.15) is 5.56 Å². The number of nitrogens with zero attached hydrogens (tertiary/aromatic N) is 4. The van der Waals surface area contributed by atoms with Gasteiger partial charge in [-0.25, -0.2) is 18.6 Å². The summed E-state index contributed by atoms with van der Waals surface area (Å²) in [5.41, 5.74) is 10.2. The van der Waals surface area contributed by atoms with Crippen molar-refractivity contribution in [1.29, 1.82) is 0 Å². The minimum absolute atomic E-state index is 0.0325. The molecular formula is C26H29F2N5O2. The molecule has 1 fully saturated rings. The van der Waals surface area contributed by atoms with Crippen LogP contribution in [0, 0.1) is 0 Å². The number of carbonyl (C=O) groups excluding carboxylic acids is 1. The fourth-order valence-corrected chi connectivity index (χ4v) is 4.24. The van der Waals surface area contributed by atoms with E-state index in [9.17, 15) is 13.6 Å². The lowest BCUT2D eigenvalue weighted by atomic mass is 9.98. The van der Waals surface area contributed by atoms with E-state index in [1.165, 1.54) is 11.1 Å². The van der Waals surface area contributed by atoms with Crippen molar-refractivity contribution in [2.75, 3.05) is 30.3 Å². The average molecular weight is 482 g/mol. The highest BCUT2D eigenvalue weighted by Crippen LogP contribution is 2.38. The minimum atomic E-state index is -2.75. The quantitative estimate of drug-likeness (QED) is 0.461. The van der Waals surface area contributed by atoms with Crippen molar-refractivity contribution in [2.45, 2.75) is 39.2 Å². The van der Waals surface area contributed by atoms with Gasteiger partial charge >= 0.3 is 5.97 Å². The zero-order valence-electron chi connectivity index (χ0n) is 20.0. The summed E-state index contributed by atoms with van der Waals surface area (Å²) in [5.74, 6) is -2.82. The molecule has 1 aliphatic rings. The molecule has 1 aromatic carbocycles. The van der Waals surface area contributed by atoms with Gasteiger partial charge in [0.15, 0.2) is 5.82 Å². The molecule has 0 bridgehead atoms. The number of nitrogens with two attached hydrogens (primary N) is 1. The van der Waals surface area contributed by atoms with Crippen LogP contribution in [0.3, 0.4) is 0 Å². The van der Waals surface area contributed by atoms with Gasteiger partial charge in [-0.15, -0.1) is 0 Å². The number of hydrogen-bond acceptors (Lipinski definition) is 6. The number of ether oxygens (including phenoxy) is 1. The molecule has 184 valence electrons. The van der Waals surface area contributed by atoms with E-state index in [0.29, 0.717) is 28.3 Å². The highest BCUT2D eigenvalue weighted by molar-refractivity contribution is 5.95. The Morgan fingerprint density at radius 1 is 1.23 bits per heavy atom. The topological polar surface area (TPSA) is 86.3 Å². The summed E-state index contributed by atoms with van der Waals surface area (Å²) in [5, 5.41) is 4.36. The van der Waals surface area contributed by atoms with Crippen molar-refractivity contribution in [2.24, 2.45) is 0 Å². The van der Waals surface area contributed by atoms with Gasteiger partial charge in [-0.2, -0.15) is 5.10 Å². The van der Waals surface area contributed by atoms with E-state index in [1.807, 2.05) is 50.3 Å². The molecular weight excluding hydrogens is 452 g/mol. The first-order valence-electron chi connectivity index (χ1n) is 11.6. The highest BCUT2D eigenvalue weighted by atomic mass is 19.3. The molecule has 3 aromatic rings. The Hall–Kier alpha value is -3.75. The number of esters is 1. The van der Waals surface area contributed by atoms with Gasteiger partial charge in [0.25, 0.3) is 5.92 Å². The first-order chi connectivity index (χ1) is 16.7. The largest absolute Gasteiger partial charge is 0.462 e. The average Bonchev–Trinajstić information content (AvgIpc) is 3.41. The number of aromatic nitrogens is 3. The molecule has 2 N–H and O–H groups in total. The molecule has 0 saturated carbocycles. The first-order valence-corrected chi connectivity index (χ1v) is 11.6. The molecule has 9 heteroatoms. The smallest absolute Gasteiger partial charge is 0.341 e. The summed E-state index contributed by atoms with van der Waals surface area (Å²) in [6, 6.07) is 9.44. The van der Waals surface area contributed by atoms with Crippen molar-refractivity contribution in [1.82, 2.24) is 14.8 Å². The third-order valence-corrected chi connectivity index (χ3v) is 5.93. The van der Waals surface area contributed by atoms with Crippen LogP contribution in [0.25, 0.3) is 23.3 Å². The fourth-order valence-electron chi connectivity index (χ4n) is 4.24. The molecule has 2 aromatic heterocycles. The number of hydrogen-bond donors (Lipinski definition) is 1. The molecule has 0 radical (unpaired) electrons. The van der Waals surface area contributed by atoms with Gasteiger partial charge in [0.05, 0.1) is 30.7 Å². The lowest BCUT2D eigenvalue weighted by molar-refractivity contribution is 0.0256. The standard InChI is InChI=1S/C26H29F2N5O2/c1-4-35-25(34)21-15-31-33(17(2)3)22(21)10-9-18-7-5-6-8-19(18)20-11-13-30-24(23(20)29)32-14-12-26(27,28)16-32/h5-11,13,15,17H,4,12,14,16,29H2,1-3H3/b10-9+. The maximum Gasteiger partial charge on any atom is 0.341 e. The van der Waals surface area contributed by atoms with Crippen molar-refractivity contribution < 1.29 is 18.3 Å². The molecule has 7 nitrogen and oxygen atoms in total. The molecule has 0 aliphatic carbocycles. The molecule has 1 aliphatic heterocycles. The molecule has 4 rings (SSSR count). The lowest BCUT2D eigenvalue weighted by Crippen LogP contribution is -2.26. The van der Waals surface area contributed by atoms with Gasteiger partial charge in [-0.1, -0.05) is 30.3 Å². The first kappa shape index (κ1) is 24.4. The van der Waals surface area contributed by atoms with E-state index >= 15 is 0 Å². The Labute approximate surface area is 203 Å². The number of alkyl halides is 2. The predicted octanol–water partition coefficient (Wildman–Crippen LogP) is 5.30. The second-order valence-corrected chi connectivity index (χ2v) is 8.75. The van der Waals surface area contributed by atoms with Gasteiger partial charge in [-0.3, -0.25) is 4.68 Å². The van der Waals surface area contributed by atoms with E-state index in [2.05, 4.69) is 10.1 Å². The second-order valence-electron chi connectivity index (χ2n) is 8.75. The van der Waals surface area contributed by atoms with Crippen LogP contribution in [0.4, 0.5) is 20.3 Å². The Balaban J connectivity index is 1.73. The third-order valence-electron chi connectivity index (χ3n) is 5.93. The van der Waals surface area contributed by atoms with Crippen LogP contribution >= 0.6 is 0 Å². The number of nitrogen functional groups attached to an aromatic ring is 1. The number of rotatable bonds is 7. The zero-order chi connectivity index (χ0) is 25.2. The normalized spacial score (nSPS) is 15.3. The van der Waals surface area contributed by atoms with Crippen LogP contribution in [0.2, 0.25) is 0 Å². The van der Waals surface area contributed by atoms with E-state index in [4.69, 9.17) is 10.5 Å². The van der Waals surface area contributed by atoms with Crippen LogP contribution < -0.4 is 10.6 Å². The summed E-state index contributed by atoms with van der Waals surface area (Å²) in [6.45, 7) is 5.79. The Kier molecular flexibility index (Phi) is 6.86. The summed E-state index contributed by atoms with van der Waals surface area (Å²) in [7, 11) is 0. The van der Waals surface area contributed by atoms with Gasteiger partial charge in [0, 0.05) is 30.8 Å². The molecule has 0 unspecified atom stereocenters. The Bertz CT molecular complexity index is 1250. The zero-order valence-corrected chi connectivity index (χ0v) is 20.0. The van der Waals surface area contributed by atoms with Crippen molar-refractivity contribution in [3.05, 3.63) is 59.5 Å². The molecule has 3 heterocycles. The maximum atomic E-state index is 13.8. The van der Waals surface area contributed by atoms with E-state index in [0.717, 1.165) is 11.1 Å². The van der Waals surface area contributed by atoms with Gasteiger partial charge < -0.3 is 15.4 Å². The number of carbonyl (C=O) groups is 1. The summed E-state index contributed by atoms with van der Waals surface area (Å²) in [4.78, 5) is 18.3. The third kappa shape index (κ3) is 5.03. The predicted molar refractivity (Wildman–Crippen MR) is 133 cm³/mol. The molecule has 1 saturated heterocycles. The SMILES string of the molecule is CCOC(=O)c1cnn(C(C)C)c1/C=C/c1ccccc1-c1ccnc(N2CCC(F)(F)C2)c1N. The molecule has 0 spiro atoms. The monoisotopic (exact) mass is 481 g/mol. The van der Waals surface area contributed by atoms with E-state index in [-0.39, 0.29) is 25.6 Å². The van der Waals surface area contributed by atoms with Crippen molar-refractivity contribution in [3.8, 4) is 11.1 Å². The number of pyridine rings is 1. The molecule has 0 amide bonds. The number of benzene rings is 1. The number of halogens is 2. The minimum Gasteiger partial charge on any atom is -0.462 e. The fraction of sp³-hybridized carbons (Fsp3) is 0.346. The van der Waals surface area contributed by atoms with Crippen molar-refractivity contribution in [3.63, 3.8) is 0 Å². The van der Waals surface area contributed by atoms with Crippen LogP contribution in [0.15, 0.2) is 42.7 Å². The van der Waals surface area contributed by atoms with E-state index in [1.54, 1.807) is 23.9 Å². The number of anilines is 2. The van der Waals surface area contributed by atoms with Crippen LogP contribution in [0.5, 0.6) is 0 Å². The second kappa shape index (κ2) is 9.85. The van der Waals surface area contributed by atoms with Gasteiger partial charge in [-0.05, 0) is 44.0 Å². The summed E-state index contributed by atoms with van der Waals surface area (Å²) in [6.07, 6.45) is 6.60. The van der Waals surface area contributed by atoms with Gasteiger partial charge in [0.2, 0.25) is 0 Å². The van der Waals surface area contributed by atoms with E-state index < -0.39 is 18.4 Å². The maximum absolute atomic E-state index is 13.8. The molecule has 35 heavy (non-hydrogen) atoms. The van der Waals surface area contributed by atoms with Crippen molar-refractivity contribution >= 4 is 29.6 Å². The Morgan fingerprint density at radius 3 is 2.69 bits per heavy atom. The summed E-state index contributed by atoms with van der Waals surface area (Å²) >= 11 is 0.